The van der Waals surface area contributed by atoms with E-state index in [-0.39, 0.29) is 23.8 Å². The molecular weight excluding hydrogens is 314 g/mol. The summed E-state index contributed by atoms with van der Waals surface area (Å²) in [5.41, 5.74) is 0.868. The van der Waals surface area contributed by atoms with E-state index >= 15 is 0 Å². The monoisotopic (exact) mass is 347 g/mol. The second kappa shape index (κ2) is 9.35. The molecule has 1 unspecified atom stereocenters. The summed E-state index contributed by atoms with van der Waals surface area (Å²) in [5.74, 6) is 0.676. The van der Waals surface area contributed by atoms with E-state index in [9.17, 15) is 9.90 Å². The highest BCUT2D eigenvalue weighted by atomic mass is 16.5. The van der Waals surface area contributed by atoms with Gasteiger partial charge in [0.1, 0.15) is 0 Å². The average Bonchev–Trinajstić information content (AvgIpc) is 2.63. The fourth-order valence-corrected chi connectivity index (χ4v) is 3.76. The van der Waals surface area contributed by atoms with Gasteiger partial charge in [-0.1, -0.05) is 44.2 Å². The van der Waals surface area contributed by atoms with Gasteiger partial charge in [0, 0.05) is 32.6 Å². The molecule has 1 aliphatic carbocycles. The Balaban J connectivity index is 1.89. The van der Waals surface area contributed by atoms with Crippen molar-refractivity contribution in [3.63, 3.8) is 0 Å². The zero-order valence-electron chi connectivity index (χ0n) is 15.8. The number of methoxy groups -OCH3 is 1. The molecule has 1 aromatic rings. The first-order valence-corrected chi connectivity index (χ1v) is 9.41. The lowest BCUT2D eigenvalue weighted by Crippen LogP contribution is -2.37. The Morgan fingerprint density at radius 2 is 1.88 bits per heavy atom. The Morgan fingerprint density at radius 3 is 2.44 bits per heavy atom. The number of ether oxygens (including phenoxy) is 1. The van der Waals surface area contributed by atoms with E-state index < -0.39 is 0 Å². The van der Waals surface area contributed by atoms with Crippen LogP contribution in [0.3, 0.4) is 0 Å². The third-order valence-corrected chi connectivity index (χ3v) is 5.66. The number of amides is 1. The van der Waals surface area contributed by atoms with Gasteiger partial charge in [0.2, 0.25) is 5.91 Å². The molecule has 4 heteroatoms. The maximum Gasteiger partial charge on any atom is 0.220 e. The molecular formula is C21H33NO3. The van der Waals surface area contributed by atoms with Gasteiger partial charge in [0.05, 0.1) is 6.10 Å². The number of carbonyl (C=O) groups excluding carboxylic acids is 1. The van der Waals surface area contributed by atoms with E-state index in [0.29, 0.717) is 25.0 Å². The van der Waals surface area contributed by atoms with Crippen molar-refractivity contribution in [1.82, 2.24) is 5.32 Å². The minimum absolute atomic E-state index is 0.0868. The normalized spacial score (nSPS) is 22.4. The standard InChI is InChI=1S/C21H33NO3/c1-21(2,15-23)19(17-7-5-4-6-8-17)14-22-20(24)13-16-9-11-18(25-3)12-10-16/h4-8,16,18-19,23H,9-15H2,1-3H3,(H,22,24). The zero-order chi connectivity index (χ0) is 18.3. The maximum absolute atomic E-state index is 12.4. The van der Waals surface area contributed by atoms with Gasteiger partial charge in [-0.2, -0.15) is 0 Å². The molecule has 140 valence electrons. The van der Waals surface area contributed by atoms with Crippen molar-refractivity contribution in [2.75, 3.05) is 20.3 Å². The molecule has 0 aromatic heterocycles. The molecule has 0 saturated heterocycles. The molecule has 0 spiro atoms. The molecule has 0 radical (unpaired) electrons. The molecule has 1 aliphatic rings. The van der Waals surface area contributed by atoms with Crippen molar-refractivity contribution < 1.29 is 14.6 Å². The number of hydrogen-bond donors (Lipinski definition) is 2. The third kappa shape index (κ3) is 5.82. The lowest BCUT2D eigenvalue weighted by atomic mass is 9.75. The van der Waals surface area contributed by atoms with E-state index in [1.807, 2.05) is 32.0 Å². The number of nitrogens with one attached hydrogen (secondary N) is 1. The van der Waals surface area contributed by atoms with Crippen LogP contribution in [0.2, 0.25) is 0 Å². The highest BCUT2D eigenvalue weighted by Gasteiger charge is 2.31. The van der Waals surface area contributed by atoms with E-state index in [4.69, 9.17) is 4.74 Å². The Hall–Kier alpha value is -1.39. The summed E-state index contributed by atoms with van der Waals surface area (Å²) in [6.45, 7) is 4.74. The Bertz CT molecular complexity index is 521. The van der Waals surface area contributed by atoms with Crippen LogP contribution in [0.4, 0.5) is 0 Å². The maximum atomic E-state index is 12.4. The van der Waals surface area contributed by atoms with Crippen molar-refractivity contribution >= 4 is 5.91 Å². The summed E-state index contributed by atoms with van der Waals surface area (Å²) >= 11 is 0. The van der Waals surface area contributed by atoms with Crippen LogP contribution >= 0.6 is 0 Å². The predicted molar refractivity (Wildman–Crippen MR) is 100 cm³/mol. The Morgan fingerprint density at radius 1 is 1.24 bits per heavy atom. The first kappa shape index (κ1) is 19.9. The molecule has 1 aromatic carbocycles. The number of rotatable bonds is 8. The van der Waals surface area contributed by atoms with Crippen LogP contribution < -0.4 is 5.32 Å². The molecule has 0 heterocycles. The number of aliphatic hydroxyl groups excluding tert-OH is 1. The predicted octanol–water partition coefficient (Wildman–Crippen LogP) is 3.50. The lowest BCUT2D eigenvalue weighted by Gasteiger charge is -2.33. The van der Waals surface area contributed by atoms with Crippen molar-refractivity contribution in [3.8, 4) is 0 Å². The van der Waals surface area contributed by atoms with E-state index in [1.165, 1.54) is 0 Å². The fourth-order valence-electron chi connectivity index (χ4n) is 3.76. The molecule has 0 aliphatic heterocycles. The van der Waals surface area contributed by atoms with Crippen LogP contribution in [0.5, 0.6) is 0 Å². The van der Waals surface area contributed by atoms with Crippen LogP contribution in [0.1, 0.15) is 57.4 Å². The molecule has 1 fully saturated rings. The number of carbonyl (C=O) groups is 1. The van der Waals surface area contributed by atoms with Crippen molar-refractivity contribution in [1.29, 1.82) is 0 Å². The zero-order valence-corrected chi connectivity index (χ0v) is 15.8. The second-order valence-electron chi connectivity index (χ2n) is 8.00. The van der Waals surface area contributed by atoms with Crippen LogP contribution in [0, 0.1) is 11.3 Å². The highest BCUT2D eigenvalue weighted by molar-refractivity contribution is 5.76. The van der Waals surface area contributed by atoms with E-state index in [2.05, 4.69) is 17.4 Å². The average molecular weight is 347 g/mol. The first-order chi connectivity index (χ1) is 12.0. The van der Waals surface area contributed by atoms with Gasteiger partial charge in [-0.25, -0.2) is 0 Å². The van der Waals surface area contributed by atoms with Gasteiger partial charge < -0.3 is 15.2 Å². The largest absolute Gasteiger partial charge is 0.396 e. The summed E-state index contributed by atoms with van der Waals surface area (Å²) in [6, 6.07) is 10.1. The number of aliphatic hydroxyl groups is 1. The number of hydrogen-bond acceptors (Lipinski definition) is 3. The molecule has 0 bridgehead atoms. The van der Waals surface area contributed by atoms with Gasteiger partial charge in [0.25, 0.3) is 0 Å². The van der Waals surface area contributed by atoms with Crippen molar-refractivity contribution in [2.45, 2.75) is 58.0 Å². The smallest absolute Gasteiger partial charge is 0.220 e. The minimum Gasteiger partial charge on any atom is -0.396 e. The second-order valence-corrected chi connectivity index (χ2v) is 8.00. The SMILES string of the molecule is COC1CCC(CC(=O)NCC(c2ccccc2)C(C)(C)CO)CC1. The molecule has 2 rings (SSSR count). The molecule has 1 amide bonds. The Labute approximate surface area is 152 Å². The molecule has 1 atom stereocenters. The highest BCUT2D eigenvalue weighted by Crippen LogP contribution is 2.34. The molecule has 4 nitrogen and oxygen atoms in total. The van der Waals surface area contributed by atoms with Gasteiger partial charge in [-0.05, 0) is 42.6 Å². The summed E-state index contributed by atoms with van der Waals surface area (Å²) in [4.78, 5) is 12.4. The van der Waals surface area contributed by atoms with Gasteiger partial charge in [0.15, 0.2) is 0 Å². The fraction of sp³-hybridized carbons (Fsp3) is 0.667. The lowest BCUT2D eigenvalue weighted by molar-refractivity contribution is -0.122. The van der Waals surface area contributed by atoms with Crippen molar-refractivity contribution in [2.24, 2.45) is 11.3 Å². The van der Waals surface area contributed by atoms with Crippen molar-refractivity contribution in [3.05, 3.63) is 35.9 Å². The third-order valence-electron chi connectivity index (χ3n) is 5.66. The van der Waals surface area contributed by atoms with E-state index in [1.54, 1.807) is 7.11 Å². The summed E-state index contributed by atoms with van der Waals surface area (Å²) in [5, 5.41) is 12.9. The van der Waals surface area contributed by atoms with Gasteiger partial charge >= 0.3 is 0 Å². The summed E-state index contributed by atoms with van der Waals surface area (Å²) in [6.07, 6.45) is 5.20. The van der Waals surface area contributed by atoms with Crippen LogP contribution in [0.25, 0.3) is 0 Å². The van der Waals surface area contributed by atoms with E-state index in [0.717, 1.165) is 31.2 Å². The molecule has 2 N–H and O–H groups in total. The topological polar surface area (TPSA) is 58.6 Å². The minimum atomic E-state index is -0.287. The summed E-state index contributed by atoms with van der Waals surface area (Å²) in [7, 11) is 1.77. The van der Waals surface area contributed by atoms with Crippen LogP contribution in [-0.2, 0) is 9.53 Å². The van der Waals surface area contributed by atoms with Crippen LogP contribution in [0.15, 0.2) is 30.3 Å². The first-order valence-electron chi connectivity index (χ1n) is 9.41. The number of benzene rings is 1. The molecule has 25 heavy (non-hydrogen) atoms. The van der Waals surface area contributed by atoms with Gasteiger partial charge in [-0.3, -0.25) is 4.79 Å². The Kier molecular flexibility index (Phi) is 7.45. The van der Waals surface area contributed by atoms with Crippen LogP contribution in [-0.4, -0.2) is 37.4 Å². The quantitative estimate of drug-likeness (QED) is 0.757. The van der Waals surface area contributed by atoms with Gasteiger partial charge in [-0.15, -0.1) is 0 Å². The molecule has 1 saturated carbocycles. The summed E-state index contributed by atoms with van der Waals surface area (Å²) < 4.78 is 5.40.